The second-order valence-electron chi connectivity index (χ2n) is 4.66. The molecule has 1 unspecified atom stereocenters. The predicted octanol–water partition coefficient (Wildman–Crippen LogP) is 1.95. The summed E-state index contributed by atoms with van der Waals surface area (Å²) in [6, 6.07) is 8.93. The van der Waals surface area contributed by atoms with E-state index in [0.29, 0.717) is 0 Å². The summed E-state index contributed by atoms with van der Waals surface area (Å²) in [5.41, 5.74) is 2.81. The summed E-state index contributed by atoms with van der Waals surface area (Å²) < 4.78 is 0. The number of benzene rings is 1. The molecule has 0 aromatic heterocycles. The highest BCUT2D eigenvalue weighted by atomic mass is 14.9. The Morgan fingerprint density at radius 1 is 1.25 bits per heavy atom. The van der Waals surface area contributed by atoms with E-state index < -0.39 is 0 Å². The van der Waals surface area contributed by atoms with Crippen molar-refractivity contribution in [2.75, 3.05) is 19.6 Å². The summed E-state index contributed by atoms with van der Waals surface area (Å²) in [4.78, 5) is 0. The average Bonchev–Trinajstić information content (AvgIpc) is 2.83. The van der Waals surface area contributed by atoms with Crippen molar-refractivity contribution in [1.82, 2.24) is 10.6 Å². The van der Waals surface area contributed by atoms with Crippen LogP contribution in [0.4, 0.5) is 0 Å². The second kappa shape index (κ2) is 6.02. The number of hydrogen-bond acceptors (Lipinski definition) is 2. The van der Waals surface area contributed by atoms with E-state index in [1.165, 1.54) is 30.6 Å². The Morgan fingerprint density at radius 3 is 2.62 bits per heavy atom. The lowest BCUT2D eigenvalue weighted by atomic mass is 10.1. The Balaban J connectivity index is 1.71. The van der Waals surface area contributed by atoms with E-state index in [4.69, 9.17) is 0 Å². The molecule has 0 spiro atoms. The van der Waals surface area contributed by atoms with Crippen LogP contribution in [0.3, 0.4) is 0 Å². The van der Waals surface area contributed by atoms with Crippen LogP contribution in [-0.2, 0) is 13.0 Å². The monoisotopic (exact) mass is 218 g/mol. The van der Waals surface area contributed by atoms with Crippen molar-refractivity contribution in [2.24, 2.45) is 5.92 Å². The molecule has 1 aliphatic rings. The van der Waals surface area contributed by atoms with Crippen molar-refractivity contribution in [3.8, 4) is 0 Å². The van der Waals surface area contributed by atoms with E-state index in [0.717, 1.165) is 25.4 Å². The number of rotatable bonds is 5. The minimum Gasteiger partial charge on any atom is -0.316 e. The first kappa shape index (κ1) is 11.6. The molecular formula is C14H22N2. The van der Waals surface area contributed by atoms with Gasteiger partial charge in [-0.3, -0.25) is 0 Å². The zero-order valence-electron chi connectivity index (χ0n) is 10.1. The SMILES string of the molecule is CCc1ccc(CNCC2CCNC2)cc1. The zero-order valence-corrected chi connectivity index (χ0v) is 10.1. The highest BCUT2D eigenvalue weighted by Gasteiger charge is 2.13. The molecule has 2 rings (SSSR count). The van der Waals surface area contributed by atoms with Crippen LogP contribution in [0.25, 0.3) is 0 Å². The Bertz CT molecular complexity index is 299. The summed E-state index contributed by atoms with van der Waals surface area (Å²) >= 11 is 0. The van der Waals surface area contributed by atoms with E-state index in [1.807, 2.05) is 0 Å². The van der Waals surface area contributed by atoms with Gasteiger partial charge in [0.15, 0.2) is 0 Å². The van der Waals surface area contributed by atoms with Gasteiger partial charge >= 0.3 is 0 Å². The first-order chi connectivity index (χ1) is 7.88. The van der Waals surface area contributed by atoms with E-state index in [1.54, 1.807) is 0 Å². The molecule has 2 nitrogen and oxygen atoms in total. The third kappa shape index (κ3) is 3.32. The smallest absolute Gasteiger partial charge is 0.0205 e. The van der Waals surface area contributed by atoms with Crippen LogP contribution in [0.1, 0.15) is 24.5 Å². The molecule has 0 aliphatic carbocycles. The van der Waals surface area contributed by atoms with Gasteiger partial charge in [0.2, 0.25) is 0 Å². The molecule has 1 saturated heterocycles. The zero-order chi connectivity index (χ0) is 11.2. The van der Waals surface area contributed by atoms with Gasteiger partial charge in [-0.15, -0.1) is 0 Å². The highest BCUT2D eigenvalue weighted by molar-refractivity contribution is 5.22. The fraction of sp³-hybridized carbons (Fsp3) is 0.571. The summed E-state index contributed by atoms with van der Waals surface area (Å²) in [6.45, 7) is 6.71. The molecular weight excluding hydrogens is 196 g/mol. The van der Waals surface area contributed by atoms with Crippen LogP contribution in [0.15, 0.2) is 24.3 Å². The first-order valence-electron chi connectivity index (χ1n) is 6.37. The third-order valence-electron chi connectivity index (χ3n) is 3.36. The minimum absolute atomic E-state index is 0.829. The number of nitrogens with one attached hydrogen (secondary N) is 2. The van der Waals surface area contributed by atoms with Gasteiger partial charge in [-0.25, -0.2) is 0 Å². The molecule has 2 N–H and O–H groups in total. The molecule has 0 bridgehead atoms. The molecule has 1 aromatic rings. The molecule has 2 heteroatoms. The van der Waals surface area contributed by atoms with Crippen molar-refractivity contribution in [3.63, 3.8) is 0 Å². The van der Waals surface area contributed by atoms with E-state index in [2.05, 4.69) is 41.8 Å². The molecule has 1 heterocycles. The highest BCUT2D eigenvalue weighted by Crippen LogP contribution is 2.07. The topological polar surface area (TPSA) is 24.1 Å². The lowest BCUT2D eigenvalue weighted by Gasteiger charge is -2.10. The van der Waals surface area contributed by atoms with Crippen LogP contribution < -0.4 is 10.6 Å². The Morgan fingerprint density at radius 2 is 2.00 bits per heavy atom. The van der Waals surface area contributed by atoms with Crippen molar-refractivity contribution in [3.05, 3.63) is 35.4 Å². The van der Waals surface area contributed by atoms with E-state index >= 15 is 0 Å². The molecule has 1 aromatic carbocycles. The fourth-order valence-corrected chi connectivity index (χ4v) is 2.20. The molecule has 0 amide bonds. The largest absolute Gasteiger partial charge is 0.316 e. The molecule has 1 fully saturated rings. The maximum absolute atomic E-state index is 3.54. The molecule has 0 saturated carbocycles. The predicted molar refractivity (Wildman–Crippen MR) is 68.5 cm³/mol. The van der Waals surface area contributed by atoms with E-state index in [-0.39, 0.29) is 0 Å². The second-order valence-corrected chi connectivity index (χ2v) is 4.66. The van der Waals surface area contributed by atoms with Gasteiger partial charge in [0, 0.05) is 6.54 Å². The van der Waals surface area contributed by atoms with Gasteiger partial charge in [0.25, 0.3) is 0 Å². The lowest BCUT2D eigenvalue weighted by molar-refractivity contribution is 0.512. The number of aryl methyl sites for hydroxylation is 1. The maximum atomic E-state index is 3.54. The third-order valence-corrected chi connectivity index (χ3v) is 3.36. The van der Waals surface area contributed by atoms with Crippen LogP contribution in [-0.4, -0.2) is 19.6 Å². The Labute approximate surface area is 98.4 Å². The Kier molecular flexibility index (Phi) is 4.37. The maximum Gasteiger partial charge on any atom is 0.0205 e. The van der Waals surface area contributed by atoms with E-state index in [9.17, 15) is 0 Å². The van der Waals surface area contributed by atoms with Gasteiger partial charge in [0.05, 0.1) is 0 Å². The standard InChI is InChI=1S/C14H22N2/c1-2-12-3-5-13(6-4-12)9-16-11-14-7-8-15-10-14/h3-6,14-16H,2,7-11H2,1H3. The van der Waals surface area contributed by atoms with Gasteiger partial charge in [-0.1, -0.05) is 31.2 Å². The van der Waals surface area contributed by atoms with Crippen molar-refractivity contribution in [2.45, 2.75) is 26.3 Å². The molecule has 88 valence electrons. The van der Waals surface area contributed by atoms with Crippen LogP contribution in [0.2, 0.25) is 0 Å². The summed E-state index contributed by atoms with van der Waals surface area (Å²) in [5.74, 6) is 0.829. The lowest BCUT2D eigenvalue weighted by Crippen LogP contribution is -2.24. The Hall–Kier alpha value is -0.860. The van der Waals surface area contributed by atoms with Crippen LogP contribution in [0, 0.1) is 5.92 Å². The van der Waals surface area contributed by atoms with Gasteiger partial charge in [-0.05, 0) is 49.5 Å². The van der Waals surface area contributed by atoms with Crippen molar-refractivity contribution in [1.29, 1.82) is 0 Å². The van der Waals surface area contributed by atoms with Crippen molar-refractivity contribution < 1.29 is 0 Å². The summed E-state index contributed by atoms with van der Waals surface area (Å²) in [5, 5.41) is 6.94. The first-order valence-corrected chi connectivity index (χ1v) is 6.37. The average molecular weight is 218 g/mol. The van der Waals surface area contributed by atoms with Crippen molar-refractivity contribution >= 4 is 0 Å². The van der Waals surface area contributed by atoms with Crippen LogP contribution >= 0.6 is 0 Å². The molecule has 1 aliphatic heterocycles. The molecule has 0 radical (unpaired) electrons. The molecule has 1 atom stereocenters. The number of hydrogen-bond donors (Lipinski definition) is 2. The van der Waals surface area contributed by atoms with Gasteiger partial charge < -0.3 is 10.6 Å². The molecule has 16 heavy (non-hydrogen) atoms. The van der Waals surface area contributed by atoms with Crippen LogP contribution in [0.5, 0.6) is 0 Å². The van der Waals surface area contributed by atoms with Gasteiger partial charge in [-0.2, -0.15) is 0 Å². The van der Waals surface area contributed by atoms with Gasteiger partial charge in [0.1, 0.15) is 0 Å². The fourth-order valence-electron chi connectivity index (χ4n) is 2.20. The minimum atomic E-state index is 0.829. The summed E-state index contributed by atoms with van der Waals surface area (Å²) in [6.07, 6.45) is 2.45. The summed E-state index contributed by atoms with van der Waals surface area (Å²) in [7, 11) is 0. The normalized spacial score (nSPS) is 20.2. The quantitative estimate of drug-likeness (QED) is 0.789.